The highest BCUT2D eigenvalue weighted by Gasteiger charge is 2.32. The van der Waals surface area contributed by atoms with Gasteiger partial charge in [-0.1, -0.05) is 23.2 Å². The maximum absolute atomic E-state index is 12.5. The van der Waals surface area contributed by atoms with Gasteiger partial charge < -0.3 is 0 Å². The highest BCUT2D eigenvalue weighted by Crippen LogP contribution is 2.34. The van der Waals surface area contributed by atoms with Gasteiger partial charge in [-0.05, 0) is 24.3 Å². The second kappa shape index (κ2) is 5.60. The fraction of sp³-hybridized carbons (Fsp3) is 0.0833. The number of hydrogen-bond donors (Lipinski definition) is 1. The number of aromatic nitrogens is 1. The van der Waals surface area contributed by atoms with Crippen LogP contribution in [0.5, 0.6) is 0 Å². The van der Waals surface area contributed by atoms with Crippen LogP contribution in [0.25, 0.3) is 0 Å². The lowest BCUT2D eigenvalue weighted by Gasteiger charge is -2.09. The number of sulfone groups is 1. The van der Waals surface area contributed by atoms with Gasteiger partial charge in [-0.15, -0.1) is 0 Å². The lowest BCUT2D eigenvalue weighted by Crippen LogP contribution is -2.29. The molecule has 0 saturated carbocycles. The minimum absolute atomic E-state index is 0.366. The summed E-state index contributed by atoms with van der Waals surface area (Å²) in [7, 11) is -4.24. The van der Waals surface area contributed by atoms with Crippen molar-refractivity contribution in [3.05, 3.63) is 52.3 Å². The summed E-state index contributed by atoms with van der Waals surface area (Å²) in [6.07, 6.45) is -2.79. The number of pyridine rings is 1. The fourth-order valence-corrected chi connectivity index (χ4v) is 4.11. The molecule has 0 unspecified atom stereocenters. The predicted molar refractivity (Wildman–Crippen MR) is 70.7 cm³/mol. The lowest BCUT2D eigenvalue weighted by molar-refractivity contribution is -0.904. The largest absolute Gasteiger partial charge is 0.416 e. The Morgan fingerprint density at radius 2 is 1.45 bits per heavy atom. The molecule has 0 fully saturated rings. The van der Waals surface area contributed by atoms with Gasteiger partial charge in [0.05, 0.1) is 10.5 Å². The van der Waals surface area contributed by atoms with Gasteiger partial charge in [-0.2, -0.15) is 13.2 Å². The fourth-order valence-electron chi connectivity index (χ4n) is 1.70. The zero-order valence-corrected chi connectivity index (χ0v) is 12.8. The Morgan fingerprint density at radius 1 is 1.00 bits per heavy atom. The summed E-state index contributed by atoms with van der Waals surface area (Å²) in [6.45, 7) is 0. The minimum Gasteiger partial charge on any atom is -0.285 e. The number of halogens is 5. The maximum Gasteiger partial charge on any atom is 0.416 e. The molecular formula is C12H7Cl2F3NO3S+. The Kier molecular flexibility index (Phi) is 4.29. The van der Waals surface area contributed by atoms with E-state index in [0.29, 0.717) is 16.9 Å². The molecule has 1 aromatic heterocycles. The first-order chi connectivity index (χ1) is 10.0. The van der Waals surface area contributed by atoms with E-state index in [1.54, 1.807) is 0 Å². The summed E-state index contributed by atoms with van der Waals surface area (Å²) in [4.78, 5) is -0.902. The van der Waals surface area contributed by atoms with Gasteiger partial charge >= 0.3 is 6.18 Å². The second-order valence-corrected chi connectivity index (χ2v) is 6.89. The Labute approximate surface area is 133 Å². The van der Waals surface area contributed by atoms with E-state index in [1.165, 1.54) is 0 Å². The van der Waals surface area contributed by atoms with E-state index < -0.39 is 31.4 Å². The molecule has 0 radical (unpaired) electrons. The monoisotopic (exact) mass is 372 g/mol. The van der Waals surface area contributed by atoms with E-state index in [4.69, 9.17) is 23.2 Å². The third kappa shape index (κ3) is 3.13. The van der Waals surface area contributed by atoms with E-state index in [-0.39, 0.29) is 10.0 Å². The first kappa shape index (κ1) is 16.9. The van der Waals surface area contributed by atoms with E-state index >= 15 is 0 Å². The zero-order valence-electron chi connectivity index (χ0n) is 10.5. The zero-order chi connectivity index (χ0) is 16.7. The quantitative estimate of drug-likeness (QED) is 0.649. The van der Waals surface area contributed by atoms with Crippen molar-refractivity contribution in [3.8, 4) is 0 Å². The molecule has 4 nitrogen and oxygen atoms in total. The summed E-state index contributed by atoms with van der Waals surface area (Å²) < 4.78 is 62.8. The van der Waals surface area contributed by atoms with Crippen molar-refractivity contribution in [2.75, 3.05) is 0 Å². The minimum atomic E-state index is -4.58. The van der Waals surface area contributed by atoms with Gasteiger partial charge in [0.1, 0.15) is 14.9 Å². The van der Waals surface area contributed by atoms with Crippen LogP contribution >= 0.6 is 23.2 Å². The number of rotatable bonds is 2. The molecule has 0 atom stereocenters. The van der Waals surface area contributed by atoms with Crippen LogP contribution in [0.15, 0.2) is 46.5 Å². The maximum atomic E-state index is 12.5. The number of alkyl halides is 3. The van der Waals surface area contributed by atoms with Crippen molar-refractivity contribution >= 4 is 33.0 Å². The van der Waals surface area contributed by atoms with Gasteiger partial charge in [0, 0.05) is 4.73 Å². The van der Waals surface area contributed by atoms with Crippen LogP contribution in [-0.4, -0.2) is 13.6 Å². The summed E-state index contributed by atoms with van der Waals surface area (Å²) in [5.74, 6) is 0. The van der Waals surface area contributed by atoms with Crippen LogP contribution in [-0.2, 0) is 16.0 Å². The van der Waals surface area contributed by atoms with Gasteiger partial charge in [0.25, 0.3) is 0 Å². The molecule has 0 aliphatic rings. The SMILES string of the molecule is O=S(=O)(c1ccc(C(F)(F)F)cc1)c1c(Cl)c[n+](O)cc1Cl. The topological polar surface area (TPSA) is 58.2 Å². The lowest BCUT2D eigenvalue weighted by atomic mass is 10.2. The number of nitrogens with zero attached hydrogens (tertiary/aromatic N) is 1. The van der Waals surface area contributed by atoms with Crippen molar-refractivity contribution in [1.29, 1.82) is 0 Å². The molecule has 0 spiro atoms. The summed E-state index contributed by atoms with van der Waals surface area (Å²) in [5.41, 5.74) is -0.982. The van der Waals surface area contributed by atoms with Gasteiger partial charge in [0.15, 0.2) is 0 Å². The number of benzene rings is 1. The molecule has 1 N–H and O–H groups in total. The predicted octanol–water partition coefficient (Wildman–Crippen LogP) is 3.37. The van der Waals surface area contributed by atoms with Gasteiger partial charge in [-0.25, -0.2) is 8.42 Å². The van der Waals surface area contributed by atoms with E-state index in [2.05, 4.69) is 0 Å². The molecule has 0 aliphatic carbocycles. The Morgan fingerprint density at radius 3 is 1.86 bits per heavy atom. The van der Waals surface area contributed by atoms with E-state index in [0.717, 1.165) is 24.5 Å². The summed E-state index contributed by atoms with van der Waals surface area (Å²) in [5, 5.41) is 8.48. The molecule has 1 aromatic carbocycles. The Bertz CT molecular complexity index is 797. The highest BCUT2D eigenvalue weighted by molar-refractivity contribution is 7.91. The van der Waals surface area contributed by atoms with Crippen molar-refractivity contribution < 1.29 is 31.5 Å². The molecule has 0 amide bonds. The molecule has 22 heavy (non-hydrogen) atoms. The molecule has 2 rings (SSSR count). The standard InChI is InChI=1S/C12H7Cl2F3NO3S/c13-9-5-18(19)6-10(14)11(9)22(20,21)8-3-1-7(2-4-8)12(15,16)17/h1-6,19H/q+1. The second-order valence-electron chi connectivity index (χ2n) is 4.19. The first-order valence-corrected chi connectivity index (χ1v) is 7.79. The molecule has 0 saturated heterocycles. The Balaban J connectivity index is 2.57. The third-order valence-electron chi connectivity index (χ3n) is 2.69. The summed E-state index contributed by atoms with van der Waals surface area (Å²) >= 11 is 11.5. The van der Waals surface area contributed by atoms with Crippen LogP contribution in [0.1, 0.15) is 5.56 Å². The van der Waals surface area contributed by atoms with Gasteiger partial charge in [-0.3, -0.25) is 5.21 Å². The van der Waals surface area contributed by atoms with Crippen LogP contribution in [0.2, 0.25) is 10.0 Å². The van der Waals surface area contributed by atoms with Crippen LogP contribution < -0.4 is 4.73 Å². The van der Waals surface area contributed by atoms with Crippen molar-refractivity contribution in [2.45, 2.75) is 16.0 Å². The highest BCUT2D eigenvalue weighted by atomic mass is 35.5. The molecule has 1 heterocycles. The molecule has 0 aliphatic heterocycles. The van der Waals surface area contributed by atoms with Crippen LogP contribution in [0.3, 0.4) is 0 Å². The van der Waals surface area contributed by atoms with E-state index in [1.807, 2.05) is 0 Å². The van der Waals surface area contributed by atoms with Gasteiger partial charge in [0.2, 0.25) is 22.2 Å². The molecule has 2 aromatic rings. The average molecular weight is 373 g/mol. The smallest absolute Gasteiger partial charge is 0.285 e. The van der Waals surface area contributed by atoms with Crippen LogP contribution in [0, 0.1) is 0 Å². The molecule has 118 valence electrons. The van der Waals surface area contributed by atoms with Crippen molar-refractivity contribution in [1.82, 2.24) is 0 Å². The molecule has 10 heteroatoms. The summed E-state index contributed by atoms with van der Waals surface area (Å²) in [6, 6.07) is 2.91. The first-order valence-electron chi connectivity index (χ1n) is 5.55. The third-order valence-corrected chi connectivity index (χ3v) is 5.35. The Hall–Kier alpha value is -1.51. The average Bonchev–Trinajstić information content (AvgIpc) is 2.36. The van der Waals surface area contributed by atoms with Crippen LogP contribution in [0.4, 0.5) is 13.2 Å². The van der Waals surface area contributed by atoms with Crippen molar-refractivity contribution in [2.24, 2.45) is 0 Å². The normalized spacial score (nSPS) is 12.4. The number of hydrogen-bond acceptors (Lipinski definition) is 3. The molecule has 0 bridgehead atoms. The van der Waals surface area contributed by atoms with E-state index in [9.17, 15) is 26.8 Å². The molecular weight excluding hydrogens is 366 g/mol. The van der Waals surface area contributed by atoms with Crippen molar-refractivity contribution in [3.63, 3.8) is 0 Å².